The summed E-state index contributed by atoms with van der Waals surface area (Å²) in [6.45, 7) is 10.5. The zero-order valence-corrected chi connectivity index (χ0v) is 39.1. The van der Waals surface area contributed by atoms with Crippen molar-refractivity contribution in [1.29, 1.82) is 0 Å². The molecule has 2 aromatic carbocycles. The summed E-state index contributed by atoms with van der Waals surface area (Å²) in [4.78, 5) is 61.6. The first-order valence-corrected chi connectivity index (χ1v) is 23.9. The number of alkyl halides is 3. The van der Waals surface area contributed by atoms with Gasteiger partial charge >= 0.3 is 6.18 Å². The second kappa shape index (κ2) is 22.2. The van der Waals surface area contributed by atoms with Crippen molar-refractivity contribution in [3.05, 3.63) is 107 Å². The number of amides is 2. The topological polar surface area (TPSA) is 131 Å². The van der Waals surface area contributed by atoms with Crippen molar-refractivity contribution < 1.29 is 37.1 Å². The van der Waals surface area contributed by atoms with Gasteiger partial charge in [0.1, 0.15) is 24.7 Å². The van der Waals surface area contributed by atoms with Gasteiger partial charge in [0.25, 0.3) is 5.91 Å². The minimum atomic E-state index is -4.68. The van der Waals surface area contributed by atoms with Gasteiger partial charge in [-0.05, 0) is 104 Å². The normalized spacial score (nSPS) is 20.4. The number of carbonyl (C=O) groups excluding carboxylic acids is 4. The van der Waals surface area contributed by atoms with Crippen LogP contribution in [0.1, 0.15) is 65.8 Å². The van der Waals surface area contributed by atoms with Gasteiger partial charge in [-0.15, -0.1) is 10.2 Å². The number of piperazine rings is 1. The number of anilines is 2. The average molecular weight is 941 g/mol. The van der Waals surface area contributed by atoms with E-state index in [9.17, 15) is 32.3 Å². The van der Waals surface area contributed by atoms with Crippen molar-refractivity contribution >= 4 is 36.3 Å². The highest BCUT2D eigenvalue weighted by atomic mass is 19.4. The van der Waals surface area contributed by atoms with E-state index in [1.165, 1.54) is 18.5 Å². The first-order chi connectivity index (χ1) is 32.9. The number of aldehydes is 2. The van der Waals surface area contributed by atoms with Crippen LogP contribution in [0.15, 0.2) is 84.1 Å². The number of aryl methyl sites for hydroxylation is 1. The molecule has 0 bridgehead atoms. The fraction of sp³-hybridized carbons (Fsp3) is 0.520. The molecule has 15 nitrogen and oxygen atoms in total. The summed E-state index contributed by atoms with van der Waals surface area (Å²) in [6.07, 6.45) is 8.01. The predicted molar refractivity (Wildman–Crippen MR) is 252 cm³/mol. The molecule has 1 unspecified atom stereocenters. The summed E-state index contributed by atoms with van der Waals surface area (Å²) < 4.78 is 52.0. The lowest BCUT2D eigenvalue weighted by atomic mass is 9.96. The van der Waals surface area contributed by atoms with Crippen LogP contribution in [0.5, 0.6) is 0 Å². The van der Waals surface area contributed by atoms with E-state index in [2.05, 4.69) is 35.9 Å². The standard InChI is InChI=1S/C50H63F3N10O5/c1-56(41-6-3-5-38(25-41)27-48-55-54-35-57(48)2)33-47-46(50(51,52)53)26-39(31-62(47)36-66)30-59-16-12-44(13-17-59)68-24-22-58-14-10-37(11-15-58)29-60-18-20-61(21-19-60)42-8-9-45-40(28-42)32-63(49(45)67)43(34-65)7-4-23-64/h3,5-6,8-9,23,25-26,28,31,33-37,43-44H,4,7,10-22,24,27,29-30,32H2,1-2H3/b47-33-. The second-order valence-electron chi connectivity index (χ2n) is 18.7. The van der Waals surface area contributed by atoms with Crippen LogP contribution in [0.25, 0.3) is 0 Å². The summed E-state index contributed by atoms with van der Waals surface area (Å²) >= 11 is 0. The number of halogens is 3. The van der Waals surface area contributed by atoms with Gasteiger partial charge in [-0.3, -0.25) is 24.3 Å². The van der Waals surface area contributed by atoms with Crippen molar-refractivity contribution in [2.75, 3.05) is 95.4 Å². The lowest BCUT2D eigenvalue weighted by molar-refractivity contribution is -0.116. The van der Waals surface area contributed by atoms with Gasteiger partial charge in [-0.2, -0.15) is 13.2 Å². The third-order valence-corrected chi connectivity index (χ3v) is 14.1. The predicted octanol–water partition coefficient (Wildman–Crippen LogP) is 5.05. The Bertz CT molecular complexity index is 2340. The molecule has 3 aromatic rings. The van der Waals surface area contributed by atoms with Crippen LogP contribution in [0.2, 0.25) is 0 Å². The smallest absolute Gasteiger partial charge is 0.377 e. The number of carbonyl (C=O) groups is 4. The number of ether oxygens (including phenoxy) is 1. The Labute approximate surface area is 396 Å². The Morgan fingerprint density at radius 1 is 0.926 bits per heavy atom. The first kappa shape index (κ1) is 48.8. The van der Waals surface area contributed by atoms with Gasteiger partial charge in [0.2, 0.25) is 6.41 Å². The van der Waals surface area contributed by atoms with E-state index in [0.29, 0.717) is 74.8 Å². The highest BCUT2D eigenvalue weighted by molar-refractivity contribution is 6.00. The van der Waals surface area contributed by atoms with Gasteiger partial charge in [0, 0.05) is 122 Å². The molecule has 2 amide bonds. The number of hydrogen-bond donors (Lipinski definition) is 0. The van der Waals surface area contributed by atoms with Crippen molar-refractivity contribution in [2.24, 2.45) is 13.0 Å². The number of benzene rings is 2. The van der Waals surface area contributed by atoms with Crippen molar-refractivity contribution in [2.45, 2.75) is 69.8 Å². The van der Waals surface area contributed by atoms with E-state index in [4.69, 9.17) is 4.74 Å². The third-order valence-electron chi connectivity index (χ3n) is 14.1. The molecule has 5 aliphatic rings. The lowest BCUT2D eigenvalue weighted by Gasteiger charge is -2.39. The van der Waals surface area contributed by atoms with E-state index in [1.807, 2.05) is 41.9 Å². The number of likely N-dealkylation sites (tertiary alicyclic amines) is 2. The molecule has 3 saturated heterocycles. The number of nitrogens with zero attached hydrogens (tertiary/aromatic N) is 10. The number of hydrogen-bond acceptors (Lipinski definition) is 12. The SMILES string of the molecule is CN(/C=C1/C(C(F)(F)F)=CC(CN2CCC(OCCN3CCC(CN4CCN(c5ccc6c(c5)CN(C(C=O)CCC=O)C6=O)CC4)CC3)CC2)=CN1C=O)c1cccc(Cc2nncn2C)c1. The summed E-state index contributed by atoms with van der Waals surface area (Å²) in [5.41, 5.74) is 3.56. The Balaban J connectivity index is 0.735. The van der Waals surface area contributed by atoms with Crippen molar-refractivity contribution in [1.82, 2.24) is 39.3 Å². The maximum Gasteiger partial charge on any atom is 0.418 e. The molecule has 5 aliphatic heterocycles. The Kier molecular flexibility index (Phi) is 15.9. The number of aromatic nitrogens is 3. The molecule has 364 valence electrons. The molecule has 68 heavy (non-hydrogen) atoms. The zero-order chi connectivity index (χ0) is 47.8. The quantitative estimate of drug-likeness (QED) is 0.149. The van der Waals surface area contributed by atoms with Gasteiger partial charge in [0.15, 0.2) is 0 Å². The third kappa shape index (κ3) is 11.9. The molecule has 0 saturated carbocycles. The monoisotopic (exact) mass is 940 g/mol. The minimum absolute atomic E-state index is 0.0996. The highest BCUT2D eigenvalue weighted by Gasteiger charge is 2.40. The van der Waals surface area contributed by atoms with E-state index >= 15 is 0 Å². The molecule has 3 fully saturated rings. The number of fused-ring (bicyclic) bond motifs is 1. The van der Waals surface area contributed by atoms with Crippen molar-refractivity contribution in [3.63, 3.8) is 0 Å². The second-order valence-corrected chi connectivity index (χ2v) is 18.7. The van der Waals surface area contributed by atoms with Crippen molar-refractivity contribution in [3.8, 4) is 0 Å². The fourth-order valence-electron chi connectivity index (χ4n) is 10.1. The van der Waals surface area contributed by atoms with E-state index in [0.717, 1.165) is 118 Å². The van der Waals surface area contributed by atoms with Gasteiger partial charge in [-0.1, -0.05) is 12.1 Å². The molecule has 0 N–H and O–H groups in total. The maximum absolute atomic E-state index is 14.6. The molecule has 1 aromatic heterocycles. The van der Waals surface area contributed by atoms with Crippen LogP contribution in [0, 0.1) is 5.92 Å². The fourth-order valence-corrected chi connectivity index (χ4v) is 10.1. The van der Waals surface area contributed by atoms with Gasteiger partial charge in [0.05, 0.1) is 30.0 Å². The van der Waals surface area contributed by atoms with Crippen LogP contribution in [-0.2, 0) is 39.1 Å². The van der Waals surface area contributed by atoms with Crippen LogP contribution < -0.4 is 9.80 Å². The number of allylic oxidation sites excluding steroid dienone is 1. The first-order valence-electron chi connectivity index (χ1n) is 23.9. The van der Waals surface area contributed by atoms with Gasteiger partial charge < -0.3 is 38.5 Å². The van der Waals surface area contributed by atoms with Crippen LogP contribution in [0.4, 0.5) is 24.5 Å². The summed E-state index contributed by atoms with van der Waals surface area (Å²) in [6, 6.07) is 12.8. The molecule has 8 rings (SSSR count). The molecule has 18 heteroatoms. The van der Waals surface area contributed by atoms with Crippen LogP contribution >= 0.6 is 0 Å². The molecular formula is C50H63F3N10O5. The molecular weight excluding hydrogens is 878 g/mol. The largest absolute Gasteiger partial charge is 0.418 e. The van der Waals surface area contributed by atoms with E-state index < -0.39 is 17.8 Å². The molecule has 6 heterocycles. The Morgan fingerprint density at radius 2 is 1.69 bits per heavy atom. The van der Waals surface area contributed by atoms with E-state index in [1.54, 1.807) is 29.2 Å². The Hall–Kier alpha value is -5.69. The Morgan fingerprint density at radius 3 is 2.38 bits per heavy atom. The van der Waals surface area contributed by atoms with Crippen LogP contribution in [0.3, 0.4) is 0 Å². The van der Waals surface area contributed by atoms with E-state index in [-0.39, 0.29) is 24.1 Å². The molecule has 0 radical (unpaired) electrons. The molecule has 1 atom stereocenters. The zero-order valence-electron chi connectivity index (χ0n) is 39.1. The number of piperidine rings is 2. The lowest BCUT2D eigenvalue weighted by Crippen LogP contribution is -2.49. The summed E-state index contributed by atoms with van der Waals surface area (Å²) in [7, 11) is 3.52. The maximum atomic E-state index is 14.6. The minimum Gasteiger partial charge on any atom is -0.377 e. The average Bonchev–Trinajstić information content (AvgIpc) is 3.90. The number of rotatable bonds is 19. The molecule has 0 aliphatic carbocycles. The highest BCUT2D eigenvalue weighted by Crippen LogP contribution is 2.38. The van der Waals surface area contributed by atoms with Crippen LogP contribution in [-0.4, -0.2) is 168 Å². The molecule has 0 spiro atoms. The summed E-state index contributed by atoms with van der Waals surface area (Å²) in [5.74, 6) is 1.26. The van der Waals surface area contributed by atoms with Gasteiger partial charge in [-0.25, -0.2) is 0 Å². The summed E-state index contributed by atoms with van der Waals surface area (Å²) in [5, 5.41) is 8.05.